The number of benzene rings is 2. The fraction of sp³-hybridized carbons (Fsp3) is 0.0625. The van der Waals surface area contributed by atoms with E-state index in [0.717, 1.165) is 6.07 Å². The molecule has 0 aliphatic heterocycles. The van der Waals surface area contributed by atoms with Crippen molar-refractivity contribution in [2.45, 2.75) is 0 Å². The lowest BCUT2D eigenvalue weighted by molar-refractivity contribution is -0.115. The van der Waals surface area contributed by atoms with Crippen LogP contribution in [0.3, 0.4) is 0 Å². The molecule has 0 bridgehead atoms. The molecule has 0 aliphatic rings. The smallest absolute Gasteiger partial charge is 0.251 e. The van der Waals surface area contributed by atoms with Gasteiger partial charge in [-0.25, -0.2) is 4.39 Å². The SMILES string of the molecule is N#Cc1cccc(NC(=O)CNC(=O)c2cccc(F)c2)c1. The highest BCUT2D eigenvalue weighted by Crippen LogP contribution is 2.09. The third-order valence-electron chi connectivity index (χ3n) is 2.77. The van der Waals surface area contributed by atoms with Crippen molar-refractivity contribution in [2.75, 3.05) is 11.9 Å². The van der Waals surface area contributed by atoms with E-state index in [1.165, 1.54) is 24.3 Å². The van der Waals surface area contributed by atoms with Crippen molar-refractivity contribution < 1.29 is 14.0 Å². The molecule has 0 fully saturated rings. The maximum atomic E-state index is 13.0. The van der Waals surface area contributed by atoms with E-state index in [-0.39, 0.29) is 12.1 Å². The van der Waals surface area contributed by atoms with Crippen molar-refractivity contribution in [3.8, 4) is 6.07 Å². The molecule has 2 amide bonds. The highest BCUT2D eigenvalue weighted by molar-refractivity contribution is 5.99. The maximum Gasteiger partial charge on any atom is 0.251 e. The summed E-state index contributed by atoms with van der Waals surface area (Å²) in [5, 5.41) is 13.7. The summed E-state index contributed by atoms with van der Waals surface area (Å²) >= 11 is 0. The average molecular weight is 297 g/mol. The van der Waals surface area contributed by atoms with Crippen LogP contribution in [0.2, 0.25) is 0 Å². The Hall–Kier alpha value is -3.20. The van der Waals surface area contributed by atoms with Gasteiger partial charge in [0.1, 0.15) is 5.82 Å². The zero-order valence-electron chi connectivity index (χ0n) is 11.5. The molecule has 0 radical (unpaired) electrons. The third kappa shape index (κ3) is 4.15. The molecule has 22 heavy (non-hydrogen) atoms. The van der Waals surface area contributed by atoms with E-state index in [0.29, 0.717) is 11.3 Å². The van der Waals surface area contributed by atoms with Crippen LogP contribution in [0.5, 0.6) is 0 Å². The van der Waals surface area contributed by atoms with E-state index in [2.05, 4.69) is 10.6 Å². The predicted molar refractivity (Wildman–Crippen MR) is 78.5 cm³/mol. The van der Waals surface area contributed by atoms with Crippen LogP contribution in [0.25, 0.3) is 0 Å². The fourth-order valence-electron chi connectivity index (χ4n) is 1.76. The summed E-state index contributed by atoms with van der Waals surface area (Å²) in [7, 11) is 0. The number of rotatable bonds is 4. The minimum atomic E-state index is -0.541. The van der Waals surface area contributed by atoms with Gasteiger partial charge < -0.3 is 10.6 Å². The van der Waals surface area contributed by atoms with Crippen molar-refractivity contribution >= 4 is 17.5 Å². The van der Waals surface area contributed by atoms with E-state index in [9.17, 15) is 14.0 Å². The number of nitrogens with zero attached hydrogens (tertiary/aromatic N) is 1. The first-order valence-electron chi connectivity index (χ1n) is 6.42. The molecule has 0 atom stereocenters. The number of anilines is 1. The van der Waals surface area contributed by atoms with Gasteiger partial charge in [0.05, 0.1) is 18.2 Å². The summed E-state index contributed by atoms with van der Waals surface area (Å²) < 4.78 is 13.0. The summed E-state index contributed by atoms with van der Waals surface area (Å²) in [6, 6.07) is 13.5. The Bertz CT molecular complexity index is 753. The van der Waals surface area contributed by atoms with Gasteiger partial charge in [-0.15, -0.1) is 0 Å². The number of carbonyl (C=O) groups excluding carboxylic acids is 2. The molecular weight excluding hydrogens is 285 g/mol. The summed E-state index contributed by atoms with van der Waals surface area (Å²) in [5.74, 6) is -1.51. The number of halogens is 1. The second kappa shape index (κ2) is 6.99. The van der Waals surface area contributed by atoms with Gasteiger partial charge in [-0.2, -0.15) is 5.26 Å². The van der Waals surface area contributed by atoms with E-state index in [4.69, 9.17) is 5.26 Å². The quantitative estimate of drug-likeness (QED) is 0.906. The lowest BCUT2D eigenvalue weighted by atomic mass is 10.2. The Morgan fingerprint density at radius 2 is 1.91 bits per heavy atom. The van der Waals surface area contributed by atoms with Crippen molar-refractivity contribution in [3.05, 3.63) is 65.5 Å². The number of carbonyl (C=O) groups is 2. The molecule has 2 aromatic carbocycles. The summed E-state index contributed by atoms with van der Waals surface area (Å²) in [4.78, 5) is 23.5. The van der Waals surface area contributed by atoms with Gasteiger partial charge in [0.15, 0.2) is 0 Å². The number of nitrogens with one attached hydrogen (secondary N) is 2. The molecule has 0 spiro atoms. The Morgan fingerprint density at radius 1 is 1.14 bits per heavy atom. The number of hydrogen-bond donors (Lipinski definition) is 2. The van der Waals surface area contributed by atoms with Crippen LogP contribution in [0, 0.1) is 17.1 Å². The van der Waals surface area contributed by atoms with Gasteiger partial charge in [-0.3, -0.25) is 9.59 Å². The molecule has 2 N–H and O–H groups in total. The van der Waals surface area contributed by atoms with E-state index >= 15 is 0 Å². The minimum absolute atomic E-state index is 0.138. The Balaban J connectivity index is 1.90. The molecule has 5 nitrogen and oxygen atoms in total. The minimum Gasteiger partial charge on any atom is -0.343 e. The zero-order chi connectivity index (χ0) is 15.9. The van der Waals surface area contributed by atoms with E-state index < -0.39 is 17.6 Å². The van der Waals surface area contributed by atoms with Crippen molar-refractivity contribution in [1.29, 1.82) is 5.26 Å². The van der Waals surface area contributed by atoms with Gasteiger partial charge >= 0.3 is 0 Å². The molecule has 0 aromatic heterocycles. The summed E-state index contributed by atoms with van der Waals surface area (Å²) in [6.45, 7) is -0.258. The maximum absolute atomic E-state index is 13.0. The van der Waals surface area contributed by atoms with Crippen LogP contribution in [0.15, 0.2) is 48.5 Å². The third-order valence-corrected chi connectivity index (χ3v) is 2.77. The first-order valence-corrected chi connectivity index (χ1v) is 6.42. The Labute approximate surface area is 126 Å². The molecule has 0 saturated carbocycles. The van der Waals surface area contributed by atoms with Crippen molar-refractivity contribution in [1.82, 2.24) is 5.32 Å². The summed E-state index contributed by atoms with van der Waals surface area (Å²) in [6.07, 6.45) is 0. The van der Waals surface area contributed by atoms with Gasteiger partial charge in [0, 0.05) is 11.3 Å². The van der Waals surface area contributed by atoms with E-state index in [1.807, 2.05) is 6.07 Å². The lowest BCUT2D eigenvalue weighted by Crippen LogP contribution is -2.32. The van der Waals surface area contributed by atoms with Crippen LogP contribution in [0.4, 0.5) is 10.1 Å². The molecule has 0 unspecified atom stereocenters. The normalized spacial score (nSPS) is 9.64. The molecule has 2 aromatic rings. The Morgan fingerprint density at radius 3 is 2.64 bits per heavy atom. The number of amides is 2. The molecule has 110 valence electrons. The van der Waals surface area contributed by atoms with Crippen LogP contribution in [-0.2, 0) is 4.79 Å². The Kier molecular flexibility index (Phi) is 4.83. The number of nitriles is 1. The zero-order valence-corrected chi connectivity index (χ0v) is 11.5. The van der Waals surface area contributed by atoms with E-state index in [1.54, 1.807) is 18.2 Å². The highest BCUT2D eigenvalue weighted by atomic mass is 19.1. The molecule has 6 heteroatoms. The van der Waals surface area contributed by atoms with Crippen LogP contribution < -0.4 is 10.6 Å². The number of hydrogen-bond acceptors (Lipinski definition) is 3. The summed E-state index contributed by atoms with van der Waals surface area (Å²) in [5.41, 5.74) is 1.02. The van der Waals surface area contributed by atoms with Crippen LogP contribution in [-0.4, -0.2) is 18.4 Å². The van der Waals surface area contributed by atoms with Crippen molar-refractivity contribution in [3.63, 3.8) is 0 Å². The van der Waals surface area contributed by atoms with Crippen molar-refractivity contribution in [2.24, 2.45) is 0 Å². The second-order valence-electron chi connectivity index (χ2n) is 4.43. The average Bonchev–Trinajstić information content (AvgIpc) is 2.52. The first kappa shape index (κ1) is 15.2. The predicted octanol–water partition coefficient (Wildman–Crippen LogP) is 2.07. The molecular formula is C16H12FN3O2. The van der Waals surface area contributed by atoms with Gasteiger partial charge in [-0.1, -0.05) is 12.1 Å². The first-order chi connectivity index (χ1) is 10.6. The fourth-order valence-corrected chi connectivity index (χ4v) is 1.76. The van der Waals surface area contributed by atoms with Gasteiger partial charge in [0.25, 0.3) is 5.91 Å². The lowest BCUT2D eigenvalue weighted by Gasteiger charge is -2.07. The van der Waals surface area contributed by atoms with Crippen LogP contribution in [0.1, 0.15) is 15.9 Å². The van der Waals surface area contributed by atoms with Gasteiger partial charge in [-0.05, 0) is 36.4 Å². The molecule has 0 saturated heterocycles. The topological polar surface area (TPSA) is 82.0 Å². The monoisotopic (exact) mass is 297 g/mol. The molecule has 0 aliphatic carbocycles. The molecule has 0 heterocycles. The second-order valence-corrected chi connectivity index (χ2v) is 4.43. The van der Waals surface area contributed by atoms with Crippen LogP contribution >= 0.6 is 0 Å². The van der Waals surface area contributed by atoms with Gasteiger partial charge in [0.2, 0.25) is 5.91 Å². The standard InChI is InChI=1S/C16H12FN3O2/c17-13-5-2-4-12(8-13)16(22)19-10-15(21)20-14-6-1-3-11(7-14)9-18/h1-8H,10H2,(H,19,22)(H,20,21). The molecule has 2 rings (SSSR count). The highest BCUT2D eigenvalue weighted by Gasteiger charge is 2.09. The largest absolute Gasteiger partial charge is 0.343 e.